The van der Waals surface area contributed by atoms with E-state index in [-0.39, 0.29) is 22.5 Å². The van der Waals surface area contributed by atoms with Gasteiger partial charge in [0.2, 0.25) is 0 Å². The summed E-state index contributed by atoms with van der Waals surface area (Å²) < 4.78 is 52.9. The number of hydrogen-bond donors (Lipinski definition) is 7. The van der Waals surface area contributed by atoms with Crippen LogP contribution in [0.1, 0.15) is 12.5 Å². The van der Waals surface area contributed by atoms with Gasteiger partial charge in [-0.25, -0.2) is 29.1 Å². The number of imidazole rings is 1. The normalized spacial score (nSPS) is 28.7. The molecule has 1 aromatic carbocycles. The molecule has 0 aliphatic carbocycles. The van der Waals surface area contributed by atoms with Crippen LogP contribution in [0.5, 0.6) is 0 Å². The first-order chi connectivity index (χ1) is 24.7. The fourth-order valence-corrected chi connectivity index (χ4v) is 7.96. The minimum atomic E-state index is -5.40. The summed E-state index contributed by atoms with van der Waals surface area (Å²) in [5.74, 6) is 0.0501. The predicted molar refractivity (Wildman–Crippen MR) is 175 cm³/mol. The minimum Gasteiger partial charge on any atom is -0.387 e. The summed E-state index contributed by atoms with van der Waals surface area (Å²) in [7, 11) is -10.8. The van der Waals surface area contributed by atoms with Crippen molar-refractivity contribution in [3.63, 3.8) is 0 Å². The molecule has 52 heavy (non-hydrogen) atoms. The highest BCUT2D eigenvalue weighted by atomic mass is 31.3. The Hall–Kier alpha value is -4.05. The van der Waals surface area contributed by atoms with E-state index < -0.39 is 83.5 Å². The van der Waals surface area contributed by atoms with Crippen LogP contribution in [-0.4, -0.2) is 109 Å². The Bertz CT molecular complexity index is 2210. The number of pyridine rings is 2. The van der Waals surface area contributed by atoms with Crippen LogP contribution in [0.3, 0.4) is 0 Å². The summed E-state index contributed by atoms with van der Waals surface area (Å²) >= 11 is 0. The van der Waals surface area contributed by atoms with E-state index in [1.54, 1.807) is 12.1 Å². The molecule has 7 rings (SSSR count). The molecule has 4 aliphatic heterocycles. The number of fused-ring (bicyclic) bond motifs is 2. The molecule has 0 radical (unpaired) electrons. The second-order valence-electron chi connectivity index (χ2n) is 11.9. The van der Waals surface area contributed by atoms with Crippen molar-refractivity contribution >= 4 is 32.6 Å². The highest BCUT2D eigenvalue weighted by Crippen LogP contribution is 2.61. The summed E-state index contributed by atoms with van der Waals surface area (Å²) in [5, 5.41) is 42.4. The smallest absolute Gasteiger partial charge is 0.387 e. The molecular formula is C29H31N7O14P2. The van der Waals surface area contributed by atoms with Gasteiger partial charge >= 0.3 is 15.6 Å². The lowest BCUT2D eigenvalue weighted by Gasteiger charge is -2.21. The number of nitrogen functional groups attached to an aromatic ring is 1. The van der Waals surface area contributed by atoms with Gasteiger partial charge in [0, 0.05) is 18.0 Å². The van der Waals surface area contributed by atoms with Crippen LogP contribution in [0.25, 0.3) is 33.5 Å². The number of benzene rings is 1. The Morgan fingerprint density at radius 1 is 0.827 bits per heavy atom. The largest absolute Gasteiger partial charge is 0.481 e. The third-order valence-corrected chi connectivity index (χ3v) is 11.1. The Labute approximate surface area is 292 Å². The van der Waals surface area contributed by atoms with Crippen molar-refractivity contribution in [1.82, 2.24) is 29.1 Å². The van der Waals surface area contributed by atoms with E-state index in [1.165, 1.54) is 27.9 Å². The lowest BCUT2D eigenvalue weighted by Crippen LogP contribution is -2.34. The van der Waals surface area contributed by atoms with Gasteiger partial charge in [-0.05, 0) is 17.7 Å². The van der Waals surface area contributed by atoms with Crippen molar-refractivity contribution < 1.29 is 62.2 Å². The third kappa shape index (κ3) is 7.15. The van der Waals surface area contributed by atoms with Gasteiger partial charge in [-0.15, -0.1) is 0 Å². The molecule has 10 atom stereocenters. The molecule has 6 heterocycles. The molecule has 8 N–H and O–H groups in total. The second-order valence-corrected chi connectivity index (χ2v) is 14.9. The maximum Gasteiger partial charge on any atom is 0.481 e. The second kappa shape index (κ2) is 14.1. The standard InChI is InChI=1S/C29H31N7O14P2/c30-25-20-26(32-12-31-25)36(13-33-20)29-24(40)22(38)19(49-29)11-47-52(44,45)50-51(42,43)46-10-18-21(37)23(39)28(48-18)35-7-6-15-8-17(14-4-2-1-3-5-14)34-27(41)16(15)9-35/h1-9,12-13,18-19,21-24,28-29,37-40H,10-11H2,(H,42,43)(H,44,45)(H2,30,31,32)/t18-,19+,21-,22+,23-,24+,28-,29+/m0/s1. The number of aromatic nitrogens is 6. The molecule has 0 saturated carbocycles. The molecule has 2 aromatic heterocycles. The van der Waals surface area contributed by atoms with Gasteiger partial charge in [0.25, 0.3) is 5.56 Å². The first kappa shape index (κ1) is 36.3. The van der Waals surface area contributed by atoms with Crippen molar-refractivity contribution in [3.8, 4) is 22.4 Å². The molecule has 21 nitrogen and oxygen atoms in total. The van der Waals surface area contributed by atoms with E-state index in [2.05, 4.69) is 24.2 Å². The van der Waals surface area contributed by atoms with E-state index in [0.29, 0.717) is 11.3 Å². The summed E-state index contributed by atoms with van der Waals surface area (Å²) in [6.45, 7) is -1.81. The molecule has 0 bridgehead atoms. The predicted octanol–water partition coefficient (Wildman–Crippen LogP) is -0.0738. The highest BCUT2D eigenvalue weighted by Gasteiger charge is 2.48. The van der Waals surface area contributed by atoms with Crippen LogP contribution in [0.15, 0.2) is 72.3 Å². The lowest BCUT2D eigenvalue weighted by molar-refractivity contribution is -0.0541. The molecule has 2 unspecified atom stereocenters. The van der Waals surface area contributed by atoms with Gasteiger partial charge in [-0.2, -0.15) is 4.31 Å². The number of aliphatic hydroxyl groups is 4. The van der Waals surface area contributed by atoms with Gasteiger partial charge in [-0.3, -0.25) is 18.4 Å². The average molecular weight is 764 g/mol. The van der Waals surface area contributed by atoms with E-state index in [1.807, 2.05) is 30.3 Å². The van der Waals surface area contributed by atoms with Gasteiger partial charge in [0.05, 0.1) is 30.8 Å². The first-order valence-corrected chi connectivity index (χ1v) is 18.4. The van der Waals surface area contributed by atoms with Gasteiger partial charge < -0.3 is 50.0 Å². The molecule has 276 valence electrons. The van der Waals surface area contributed by atoms with Crippen LogP contribution in [0, 0.1) is 0 Å². The summed E-state index contributed by atoms with van der Waals surface area (Å²) in [5.41, 5.74) is 7.53. The average Bonchev–Trinajstić information content (AvgIpc) is 3.76. The van der Waals surface area contributed by atoms with Crippen LogP contribution < -0.4 is 11.3 Å². The number of anilines is 1. The number of rotatable bonds is 11. The number of hydrogen-bond acceptors (Lipinski definition) is 17. The quantitative estimate of drug-likeness (QED) is 0.0866. The fourth-order valence-electron chi connectivity index (χ4n) is 5.87. The van der Waals surface area contributed by atoms with Crippen molar-refractivity contribution in [1.29, 1.82) is 0 Å². The summed E-state index contributed by atoms with van der Waals surface area (Å²) in [4.78, 5) is 49.2. The Balaban J connectivity index is 0.953. The number of aliphatic hydroxyl groups excluding tert-OH is 4. The highest BCUT2D eigenvalue weighted by molar-refractivity contribution is 7.61. The summed E-state index contributed by atoms with van der Waals surface area (Å²) in [6.07, 6.45) is -6.74. The monoisotopic (exact) mass is 763 g/mol. The van der Waals surface area contributed by atoms with E-state index in [9.17, 15) is 44.1 Å². The maximum atomic E-state index is 12.9. The van der Waals surface area contributed by atoms with Crippen molar-refractivity contribution in [3.05, 3.63) is 77.9 Å². The molecule has 2 fully saturated rings. The molecule has 2 saturated heterocycles. The molecule has 0 spiro atoms. The van der Waals surface area contributed by atoms with Gasteiger partial charge in [0.1, 0.15) is 48.5 Å². The molecule has 0 amide bonds. The Kier molecular flexibility index (Phi) is 9.82. The zero-order valence-electron chi connectivity index (χ0n) is 26.5. The van der Waals surface area contributed by atoms with E-state index in [4.69, 9.17) is 24.3 Å². The molecule has 23 heteroatoms. The van der Waals surface area contributed by atoms with Crippen LogP contribution >= 0.6 is 15.6 Å². The zero-order chi connectivity index (χ0) is 36.9. The molecule has 4 aliphatic rings. The van der Waals surface area contributed by atoms with E-state index >= 15 is 0 Å². The van der Waals surface area contributed by atoms with Gasteiger partial charge in [0.15, 0.2) is 23.9 Å². The minimum absolute atomic E-state index is 0.0501. The topological polar surface area (TPSA) is 306 Å². The Morgan fingerprint density at radius 3 is 2.13 bits per heavy atom. The van der Waals surface area contributed by atoms with Crippen molar-refractivity contribution in [2.45, 2.75) is 49.1 Å². The fraction of sp³-hybridized carbons (Fsp3) is 0.345. The van der Waals surface area contributed by atoms with E-state index in [0.717, 1.165) is 11.9 Å². The number of ether oxygens (including phenoxy) is 2. The van der Waals surface area contributed by atoms with Crippen LogP contribution in [-0.2, 0) is 32.0 Å². The van der Waals surface area contributed by atoms with Crippen LogP contribution in [0.2, 0.25) is 0 Å². The number of nitrogens with zero attached hydrogens (tertiary/aromatic N) is 6. The molecular weight excluding hydrogens is 732 g/mol. The first-order valence-electron chi connectivity index (χ1n) is 15.4. The Morgan fingerprint density at radius 2 is 1.46 bits per heavy atom. The third-order valence-electron chi connectivity index (χ3n) is 8.47. The molecule has 3 aromatic rings. The number of nitrogens with two attached hydrogens (primary N) is 1. The lowest BCUT2D eigenvalue weighted by atomic mass is 10.0. The number of phosphoric ester groups is 2. The van der Waals surface area contributed by atoms with Crippen LogP contribution in [0.4, 0.5) is 5.82 Å². The van der Waals surface area contributed by atoms with Crippen molar-refractivity contribution in [2.24, 2.45) is 0 Å². The number of phosphoric acid groups is 2. The van der Waals surface area contributed by atoms with Crippen molar-refractivity contribution in [2.75, 3.05) is 18.9 Å². The maximum absolute atomic E-state index is 12.9. The summed E-state index contributed by atoms with van der Waals surface area (Å²) in [6, 6.07) is 12.4. The zero-order valence-corrected chi connectivity index (χ0v) is 28.3. The SMILES string of the molecule is Nc1ncnc2c1ncn2[C@@H]1O[C@H](COP(=O)(O)OP(=O)(O)OC[C@@H]2O[C@H](n3ccc4cc(-c5ccccc5)nc(=O)c-4c3)[C@@H](O)[C@H]2O)[C@@H](O)[C@H]1O. The van der Waals surface area contributed by atoms with Gasteiger partial charge in [-0.1, -0.05) is 30.3 Å².